The molecule has 0 aliphatic rings. The molecular formula is C14H24Br2F4S2. The van der Waals surface area contributed by atoms with Crippen molar-refractivity contribution in [3.8, 4) is 0 Å². The summed E-state index contributed by atoms with van der Waals surface area (Å²) in [6.07, 6.45) is 9.01. The van der Waals surface area contributed by atoms with Crippen LogP contribution < -0.4 is 0 Å². The van der Waals surface area contributed by atoms with Crippen molar-refractivity contribution in [2.45, 2.75) is 71.5 Å². The van der Waals surface area contributed by atoms with Crippen molar-refractivity contribution < 1.29 is 17.6 Å². The molecule has 0 saturated carbocycles. The van der Waals surface area contributed by atoms with Crippen LogP contribution in [-0.2, 0) is 0 Å². The summed E-state index contributed by atoms with van der Waals surface area (Å²) in [6, 6.07) is 0. The molecule has 0 aliphatic carbocycles. The largest absolute Gasteiger partial charge is 0.305 e. The maximum Gasteiger partial charge on any atom is 0.305 e. The Balaban J connectivity index is 3.56. The highest BCUT2D eigenvalue weighted by molar-refractivity contribution is 9.09. The van der Waals surface area contributed by atoms with Gasteiger partial charge in [0.2, 0.25) is 0 Å². The lowest BCUT2D eigenvalue weighted by Crippen LogP contribution is -2.24. The van der Waals surface area contributed by atoms with Crippen LogP contribution in [0.2, 0.25) is 0 Å². The number of rotatable bonds is 13. The van der Waals surface area contributed by atoms with Gasteiger partial charge >= 0.3 is 10.5 Å². The van der Waals surface area contributed by atoms with Gasteiger partial charge in [0, 0.05) is 0 Å². The minimum atomic E-state index is -2.71. The Hall–Kier alpha value is 1.38. The SMILES string of the molecule is CSC(F)(F)C(Br)CCCCCCCCC(Br)C(F)(F)SC. The molecule has 0 bridgehead atoms. The van der Waals surface area contributed by atoms with Crippen LogP contribution in [0.4, 0.5) is 17.6 Å². The van der Waals surface area contributed by atoms with Gasteiger partial charge in [0.15, 0.2) is 0 Å². The second-order valence-corrected chi connectivity index (χ2v) is 9.28. The number of hydrogen-bond acceptors (Lipinski definition) is 2. The van der Waals surface area contributed by atoms with E-state index in [-0.39, 0.29) is 0 Å². The summed E-state index contributed by atoms with van der Waals surface area (Å²) in [7, 11) is 0. The van der Waals surface area contributed by atoms with Gasteiger partial charge in [0.05, 0.1) is 9.65 Å². The van der Waals surface area contributed by atoms with E-state index in [4.69, 9.17) is 0 Å². The zero-order chi connectivity index (χ0) is 17.2. The molecule has 22 heavy (non-hydrogen) atoms. The number of alkyl halides is 6. The molecule has 0 amide bonds. The van der Waals surface area contributed by atoms with Gasteiger partial charge in [-0.2, -0.15) is 17.6 Å². The van der Waals surface area contributed by atoms with Crippen LogP contribution in [0.1, 0.15) is 51.4 Å². The standard InChI is InChI=1S/C14H24Br2F4S2/c1-21-13(17,18)11(15)9-7-5-3-4-6-8-10-12(16)14(19,20)22-2/h11-12H,3-10H2,1-2H3. The van der Waals surface area contributed by atoms with E-state index in [9.17, 15) is 17.6 Å². The van der Waals surface area contributed by atoms with E-state index in [1.54, 1.807) is 0 Å². The Bertz CT molecular complexity index is 266. The molecule has 2 atom stereocenters. The van der Waals surface area contributed by atoms with E-state index >= 15 is 0 Å². The first-order chi connectivity index (χ1) is 10.2. The van der Waals surface area contributed by atoms with Crippen molar-refractivity contribution in [1.29, 1.82) is 0 Å². The Labute approximate surface area is 156 Å². The highest BCUT2D eigenvalue weighted by atomic mass is 79.9. The fourth-order valence-corrected chi connectivity index (χ4v) is 4.46. The third-order valence-corrected chi connectivity index (χ3v) is 7.77. The first-order valence-corrected chi connectivity index (χ1v) is 11.6. The van der Waals surface area contributed by atoms with Crippen molar-refractivity contribution in [2.24, 2.45) is 0 Å². The smallest absolute Gasteiger partial charge is 0.193 e. The second-order valence-electron chi connectivity index (χ2n) is 5.17. The van der Waals surface area contributed by atoms with Crippen molar-refractivity contribution in [3.05, 3.63) is 0 Å². The van der Waals surface area contributed by atoms with Crippen LogP contribution >= 0.6 is 55.4 Å². The zero-order valence-electron chi connectivity index (χ0n) is 12.9. The molecule has 0 radical (unpaired) electrons. The van der Waals surface area contributed by atoms with Crippen molar-refractivity contribution in [2.75, 3.05) is 12.5 Å². The Morgan fingerprint density at radius 2 is 0.955 bits per heavy atom. The molecule has 0 spiro atoms. The Morgan fingerprint density at radius 3 is 1.23 bits per heavy atom. The summed E-state index contributed by atoms with van der Waals surface area (Å²) in [4.78, 5) is -1.56. The van der Waals surface area contributed by atoms with Crippen LogP contribution in [0.15, 0.2) is 0 Å². The predicted octanol–water partition coefficient (Wildman–Crippen LogP) is 7.55. The van der Waals surface area contributed by atoms with Gasteiger partial charge in [0.25, 0.3) is 0 Å². The summed E-state index contributed by atoms with van der Waals surface area (Å²) in [5.74, 6) is 0. The molecule has 134 valence electrons. The van der Waals surface area contributed by atoms with Crippen LogP contribution in [0, 0.1) is 0 Å². The van der Waals surface area contributed by atoms with Gasteiger partial charge in [0.1, 0.15) is 0 Å². The quantitative estimate of drug-likeness (QED) is 0.148. The summed E-state index contributed by atoms with van der Waals surface area (Å²) < 4.78 is 53.1. The summed E-state index contributed by atoms with van der Waals surface area (Å²) >= 11 is 7.23. The number of thioether (sulfide) groups is 2. The highest BCUT2D eigenvalue weighted by Gasteiger charge is 2.36. The average Bonchev–Trinajstić information content (AvgIpc) is 2.49. The lowest BCUT2D eigenvalue weighted by Gasteiger charge is -2.20. The van der Waals surface area contributed by atoms with Gasteiger partial charge < -0.3 is 0 Å². The Kier molecular flexibility index (Phi) is 12.6. The van der Waals surface area contributed by atoms with E-state index in [0.717, 1.165) is 38.5 Å². The van der Waals surface area contributed by atoms with Gasteiger partial charge in [-0.1, -0.05) is 93.9 Å². The first kappa shape index (κ1) is 23.4. The number of hydrogen-bond donors (Lipinski definition) is 0. The number of halogens is 6. The van der Waals surface area contributed by atoms with Gasteiger partial charge in [-0.3, -0.25) is 0 Å². The molecule has 0 aliphatic heterocycles. The van der Waals surface area contributed by atoms with Crippen molar-refractivity contribution in [3.63, 3.8) is 0 Å². The average molecular weight is 492 g/mol. The molecule has 0 aromatic carbocycles. The molecule has 0 aromatic heterocycles. The molecular weight excluding hydrogens is 468 g/mol. The fourth-order valence-electron chi connectivity index (χ4n) is 1.95. The first-order valence-electron chi connectivity index (χ1n) is 7.31. The molecule has 8 heteroatoms. The fraction of sp³-hybridized carbons (Fsp3) is 1.00. The Morgan fingerprint density at radius 1 is 0.682 bits per heavy atom. The van der Waals surface area contributed by atoms with Crippen molar-refractivity contribution >= 4 is 55.4 Å². The van der Waals surface area contributed by atoms with Crippen molar-refractivity contribution in [1.82, 2.24) is 0 Å². The second kappa shape index (κ2) is 11.9. The van der Waals surface area contributed by atoms with Gasteiger partial charge in [-0.05, 0) is 25.4 Å². The molecule has 0 fully saturated rings. The maximum atomic E-state index is 13.3. The molecule has 0 rings (SSSR count). The summed E-state index contributed by atoms with van der Waals surface area (Å²) in [5, 5.41) is -5.43. The van der Waals surface area contributed by atoms with Gasteiger partial charge in [-0.15, -0.1) is 0 Å². The van der Waals surface area contributed by atoms with E-state index in [2.05, 4.69) is 31.9 Å². The minimum Gasteiger partial charge on any atom is -0.193 e. The van der Waals surface area contributed by atoms with E-state index in [1.165, 1.54) is 12.5 Å². The third-order valence-electron chi connectivity index (χ3n) is 3.44. The molecule has 2 unspecified atom stereocenters. The molecule has 0 N–H and O–H groups in total. The number of unbranched alkanes of at least 4 members (excludes halogenated alkanes) is 5. The van der Waals surface area contributed by atoms with Crippen LogP contribution in [0.3, 0.4) is 0 Å². The third kappa shape index (κ3) is 9.62. The summed E-state index contributed by atoms with van der Waals surface area (Å²) in [6.45, 7) is 0. The monoisotopic (exact) mass is 490 g/mol. The van der Waals surface area contributed by atoms with Crippen LogP contribution in [0.25, 0.3) is 0 Å². The summed E-state index contributed by atoms with van der Waals surface area (Å²) in [5.41, 5.74) is 0. The minimum absolute atomic E-state index is 0.456. The predicted molar refractivity (Wildman–Crippen MR) is 99.3 cm³/mol. The molecule has 0 saturated heterocycles. The van der Waals surface area contributed by atoms with Crippen LogP contribution in [0.5, 0.6) is 0 Å². The normalized spacial score (nSPS) is 15.8. The van der Waals surface area contributed by atoms with E-state index in [1.807, 2.05) is 0 Å². The topological polar surface area (TPSA) is 0 Å². The van der Waals surface area contributed by atoms with E-state index < -0.39 is 20.2 Å². The molecule has 0 heterocycles. The van der Waals surface area contributed by atoms with Crippen LogP contribution in [-0.4, -0.2) is 32.7 Å². The van der Waals surface area contributed by atoms with E-state index in [0.29, 0.717) is 36.4 Å². The lowest BCUT2D eigenvalue weighted by atomic mass is 10.1. The molecule has 0 aromatic rings. The zero-order valence-corrected chi connectivity index (χ0v) is 17.7. The lowest BCUT2D eigenvalue weighted by molar-refractivity contribution is 0.101. The van der Waals surface area contributed by atoms with Gasteiger partial charge in [-0.25, -0.2) is 0 Å². The molecule has 0 nitrogen and oxygen atoms in total. The highest BCUT2D eigenvalue weighted by Crippen LogP contribution is 2.38. The maximum absolute atomic E-state index is 13.3.